The van der Waals surface area contributed by atoms with Crippen LogP contribution in [0.1, 0.15) is 40.5 Å². The molecule has 10 heteroatoms. The number of carbonyl (C=O) groups is 1. The molecule has 0 bridgehead atoms. The number of nitrogens with zero attached hydrogens (tertiary/aromatic N) is 4. The molecule has 0 saturated carbocycles. The van der Waals surface area contributed by atoms with Gasteiger partial charge < -0.3 is 15.2 Å². The van der Waals surface area contributed by atoms with Gasteiger partial charge >= 0.3 is 6.18 Å². The number of aromatic nitrogens is 4. The van der Waals surface area contributed by atoms with Gasteiger partial charge in [-0.25, -0.2) is 4.68 Å². The molecule has 1 amide bonds. The van der Waals surface area contributed by atoms with Crippen molar-refractivity contribution in [2.45, 2.75) is 38.6 Å². The van der Waals surface area contributed by atoms with Gasteiger partial charge in [-0.3, -0.25) is 4.79 Å². The minimum atomic E-state index is -4.87. The van der Waals surface area contributed by atoms with Crippen molar-refractivity contribution < 1.29 is 23.1 Å². The van der Waals surface area contributed by atoms with Crippen LogP contribution in [0.4, 0.5) is 13.2 Å². The monoisotopic (exact) mass is 457 g/mol. The van der Waals surface area contributed by atoms with Crippen LogP contribution < -0.4 is 5.73 Å². The van der Waals surface area contributed by atoms with Crippen LogP contribution >= 0.6 is 0 Å². The Morgan fingerprint density at radius 3 is 2.45 bits per heavy atom. The summed E-state index contributed by atoms with van der Waals surface area (Å²) >= 11 is 0. The number of carbonyl (C=O) groups excluding carboxylic acids is 1. The van der Waals surface area contributed by atoms with Crippen LogP contribution in [-0.4, -0.2) is 36.6 Å². The lowest BCUT2D eigenvalue weighted by molar-refractivity contribution is -0.269. The second-order valence-electron chi connectivity index (χ2n) is 7.98. The van der Waals surface area contributed by atoms with E-state index >= 15 is 0 Å². The van der Waals surface area contributed by atoms with Crippen molar-refractivity contribution >= 4 is 11.4 Å². The average molecular weight is 457 g/mol. The van der Waals surface area contributed by atoms with Crippen molar-refractivity contribution in [2.75, 3.05) is 0 Å². The van der Waals surface area contributed by atoms with Crippen molar-refractivity contribution in [3.8, 4) is 11.3 Å². The van der Waals surface area contributed by atoms with Gasteiger partial charge in [0.2, 0.25) is 5.60 Å². The minimum absolute atomic E-state index is 0.123. The van der Waals surface area contributed by atoms with Gasteiger partial charge in [0.05, 0.1) is 24.0 Å². The van der Waals surface area contributed by atoms with Gasteiger partial charge in [-0.2, -0.15) is 13.2 Å². The second-order valence-corrected chi connectivity index (χ2v) is 7.98. The number of rotatable bonds is 6. The highest BCUT2D eigenvalue weighted by Gasteiger charge is 2.55. The number of aryl methyl sites for hydroxylation is 1. The largest absolute Gasteiger partial charge is 0.423 e. The third-order valence-electron chi connectivity index (χ3n) is 5.72. The molecular formula is C23H22F3N5O2. The Balaban J connectivity index is 1.70. The van der Waals surface area contributed by atoms with Gasteiger partial charge in [0.15, 0.2) is 0 Å². The van der Waals surface area contributed by atoms with Gasteiger partial charge in [-0.1, -0.05) is 42.0 Å². The second kappa shape index (κ2) is 8.04. The maximum Gasteiger partial charge on any atom is 0.423 e. The Bertz CT molecular complexity index is 1320. The number of hydrogen-bond donors (Lipinski definition) is 2. The molecule has 0 saturated heterocycles. The summed E-state index contributed by atoms with van der Waals surface area (Å²) in [6, 6.07) is 12.9. The van der Waals surface area contributed by atoms with E-state index in [0.29, 0.717) is 16.8 Å². The summed E-state index contributed by atoms with van der Waals surface area (Å²) in [6.45, 7) is 3.32. The van der Waals surface area contributed by atoms with Crippen LogP contribution in [0.5, 0.6) is 0 Å². The summed E-state index contributed by atoms with van der Waals surface area (Å²) < 4.78 is 43.0. The first-order chi connectivity index (χ1) is 15.5. The smallest absolute Gasteiger partial charge is 0.375 e. The number of alkyl halides is 3. The normalized spacial score (nSPS) is 13.9. The van der Waals surface area contributed by atoms with E-state index in [4.69, 9.17) is 5.73 Å². The van der Waals surface area contributed by atoms with Crippen LogP contribution in [0, 0.1) is 6.92 Å². The standard InChI is InChI=1S/C23H22F3N5O2/c1-3-22(33,23(24,25)26)19-13-30(29-28-19)12-15-8-9-31-17(10-15)11-18(21(27)32)20(31)16-6-4-14(2)5-7-16/h4-11,13,33H,3,12H2,1-2H3,(H2,27,32). The van der Waals surface area contributed by atoms with E-state index in [2.05, 4.69) is 10.3 Å². The molecule has 3 aromatic heterocycles. The molecule has 1 unspecified atom stereocenters. The summed E-state index contributed by atoms with van der Waals surface area (Å²) in [5.74, 6) is -0.567. The quantitative estimate of drug-likeness (QED) is 0.460. The molecule has 4 aromatic rings. The number of fused-ring (bicyclic) bond motifs is 1. The fraction of sp³-hybridized carbons (Fsp3) is 0.261. The Morgan fingerprint density at radius 1 is 1.15 bits per heavy atom. The van der Waals surface area contributed by atoms with Crippen LogP contribution in [-0.2, 0) is 12.1 Å². The number of primary amides is 1. The van der Waals surface area contributed by atoms with Crippen LogP contribution in [0.25, 0.3) is 16.8 Å². The van der Waals surface area contributed by atoms with Crippen LogP contribution in [0.3, 0.4) is 0 Å². The number of halogens is 3. The number of hydrogen-bond acceptors (Lipinski definition) is 4. The third-order valence-corrected chi connectivity index (χ3v) is 5.72. The first-order valence-corrected chi connectivity index (χ1v) is 10.2. The van der Waals surface area contributed by atoms with Crippen LogP contribution in [0.2, 0.25) is 0 Å². The molecule has 4 rings (SSSR count). The van der Waals surface area contributed by atoms with E-state index in [9.17, 15) is 23.1 Å². The molecule has 3 heterocycles. The van der Waals surface area contributed by atoms with Crippen molar-refractivity contribution in [3.05, 3.63) is 77.2 Å². The topological polar surface area (TPSA) is 98.4 Å². The molecule has 0 radical (unpaired) electrons. The van der Waals surface area contributed by atoms with Gasteiger partial charge in [-0.15, -0.1) is 5.10 Å². The molecular weight excluding hydrogens is 435 g/mol. The predicted molar refractivity (Wildman–Crippen MR) is 115 cm³/mol. The molecule has 1 aromatic carbocycles. The Kier molecular flexibility index (Phi) is 5.49. The number of aliphatic hydroxyl groups is 1. The minimum Gasteiger partial charge on any atom is -0.375 e. The number of amides is 1. The summed E-state index contributed by atoms with van der Waals surface area (Å²) in [7, 11) is 0. The first-order valence-electron chi connectivity index (χ1n) is 10.2. The van der Waals surface area contributed by atoms with Crippen molar-refractivity contribution in [3.63, 3.8) is 0 Å². The van der Waals surface area contributed by atoms with E-state index in [-0.39, 0.29) is 6.54 Å². The number of pyridine rings is 1. The van der Waals surface area contributed by atoms with Gasteiger partial charge in [0, 0.05) is 11.7 Å². The van der Waals surface area contributed by atoms with Gasteiger partial charge in [0.1, 0.15) is 5.69 Å². The Labute approximate surface area is 187 Å². The molecule has 0 aliphatic rings. The Morgan fingerprint density at radius 2 is 1.85 bits per heavy atom. The third kappa shape index (κ3) is 3.97. The molecule has 172 valence electrons. The maximum absolute atomic E-state index is 13.3. The fourth-order valence-electron chi connectivity index (χ4n) is 3.80. The zero-order valence-electron chi connectivity index (χ0n) is 18.0. The van der Waals surface area contributed by atoms with Gasteiger partial charge in [0.25, 0.3) is 5.91 Å². The summed E-state index contributed by atoms with van der Waals surface area (Å²) in [6.07, 6.45) is -2.60. The van der Waals surface area contributed by atoms with E-state index in [1.165, 1.54) is 11.6 Å². The number of nitrogens with two attached hydrogens (primary N) is 1. The lowest BCUT2D eigenvalue weighted by atomic mass is 9.96. The lowest BCUT2D eigenvalue weighted by Gasteiger charge is -2.26. The molecule has 7 nitrogen and oxygen atoms in total. The van der Waals surface area contributed by atoms with Crippen LogP contribution in [0.15, 0.2) is 54.9 Å². The molecule has 0 fully saturated rings. The molecule has 33 heavy (non-hydrogen) atoms. The predicted octanol–water partition coefficient (Wildman–Crippen LogP) is 3.81. The summed E-state index contributed by atoms with van der Waals surface area (Å²) in [4.78, 5) is 12.1. The molecule has 1 atom stereocenters. The zero-order chi connectivity index (χ0) is 24.0. The van der Waals surface area contributed by atoms with Crippen molar-refractivity contribution in [1.29, 1.82) is 0 Å². The number of benzene rings is 1. The Hall–Kier alpha value is -3.66. The van der Waals surface area contributed by atoms with E-state index in [1.54, 1.807) is 24.4 Å². The van der Waals surface area contributed by atoms with E-state index in [1.807, 2.05) is 35.6 Å². The summed E-state index contributed by atoms with van der Waals surface area (Å²) in [5.41, 5.74) is 6.33. The highest BCUT2D eigenvalue weighted by molar-refractivity contribution is 6.01. The van der Waals surface area contributed by atoms with E-state index in [0.717, 1.165) is 22.9 Å². The molecule has 0 spiro atoms. The van der Waals surface area contributed by atoms with Gasteiger partial charge in [-0.05, 0) is 42.7 Å². The zero-order valence-corrected chi connectivity index (χ0v) is 18.0. The molecule has 3 N–H and O–H groups in total. The first kappa shape index (κ1) is 22.5. The fourth-order valence-corrected chi connectivity index (χ4v) is 3.80. The maximum atomic E-state index is 13.3. The highest BCUT2D eigenvalue weighted by atomic mass is 19.4. The SMILES string of the molecule is CCC(O)(c1cn(Cc2ccn3c(-c4ccc(C)cc4)c(C(N)=O)cc3c2)nn1)C(F)(F)F. The lowest BCUT2D eigenvalue weighted by Crippen LogP contribution is -2.42. The average Bonchev–Trinajstić information content (AvgIpc) is 3.38. The highest BCUT2D eigenvalue weighted by Crippen LogP contribution is 2.40. The van der Waals surface area contributed by atoms with Crippen molar-refractivity contribution in [1.82, 2.24) is 19.4 Å². The van der Waals surface area contributed by atoms with Crippen molar-refractivity contribution in [2.24, 2.45) is 5.73 Å². The molecule has 0 aliphatic heterocycles. The molecule has 0 aliphatic carbocycles. The summed E-state index contributed by atoms with van der Waals surface area (Å²) in [5, 5.41) is 17.4. The van der Waals surface area contributed by atoms with E-state index < -0.39 is 29.8 Å².